The predicted octanol–water partition coefficient (Wildman–Crippen LogP) is 5.91. The zero-order valence-electron chi connectivity index (χ0n) is 27.1. The molecule has 14 heteroatoms. The summed E-state index contributed by atoms with van der Waals surface area (Å²) in [5.74, 6) is -5.34. The molecule has 0 atom stereocenters. The monoisotopic (exact) mass is 665 g/mol. The van der Waals surface area contributed by atoms with Crippen LogP contribution < -0.4 is 19.1 Å². The fourth-order valence-corrected chi connectivity index (χ4v) is 5.72. The molecule has 2 aromatic carbocycles. The molecule has 1 fully saturated rings. The minimum Gasteiger partial charge on any atom is -0.493 e. The molecule has 4 rings (SSSR count). The van der Waals surface area contributed by atoms with Crippen molar-refractivity contribution in [3.8, 4) is 17.2 Å². The molecule has 2 heterocycles. The van der Waals surface area contributed by atoms with Gasteiger partial charge >= 0.3 is 18.1 Å². The number of Topliss-reactive ketones (excluding diaryl/α,β-unsaturated/α-hetero) is 1. The number of amides is 1. The van der Waals surface area contributed by atoms with E-state index in [0.29, 0.717) is 24.3 Å². The number of benzene rings is 2. The Morgan fingerprint density at radius 3 is 2.23 bits per heavy atom. The molecular weight excluding hydrogens is 626 g/mol. The van der Waals surface area contributed by atoms with Gasteiger partial charge in [-0.2, -0.15) is 18.2 Å². The van der Waals surface area contributed by atoms with Crippen LogP contribution in [0.15, 0.2) is 23.2 Å². The number of rotatable bonds is 12. The van der Waals surface area contributed by atoms with Gasteiger partial charge in [0.15, 0.2) is 23.1 Å². The fourth-order valence-electron chi connectivity index (χ4n) is 5.72. The lowest BCUT2D eigenvalue weighted by molar-refractivity contribution is -0.169. The lowest BCUT2D eigenvalue weighted by Crippen LogP contribution is -2.33. The highest BCUT2D eigenvalue weighted by Gasteiger charge is 2.42. The molecule has 2 aromatic rings. The maximum Gasteiger partial charge on any atom is 0.473 e. The van der Waals surface area contributed by atoms with Crippen molar-refractivity contribution in [3.05, 3.63) is 46.3 Å². The molecular formula is C33H39F4N3O7. The van der Waals surface area contributed by atoms with Gasteiger partial charge in [0.1, 0.15) is 11.6 Å². The van der Waals surface area contributed by atoms with Gasteiger partial charge in [-0.1, -0.05) is 20.8 Å². The standard InChI is InChI=1S/C33H39F4N3O7/c1-32(2,3)21-14-19(15-22(39-11-7-8-12-39)28(21)47-13-9-6-10-25(42)43)23(41)18-40-17-20-16-24(45-4)29(46-5)27(34)26(20)30(40)38-31(44)33(35,36)37/h14-16H,6-13,17-18H2,1-5H3,(H,42,43)/b38-30-. The predicted molar refractivity (Wildman–Crippen MR) is 165 cm³/mol. The van der Waals surface area contributed by atoms with Gasteiger partial charge in [0.2, 0.25) is 0 Å². The Morgan fingerprint density at radius 2 is 1.66 bits per heavy atom. The molecule has 0 aliphatic carbocycles. The van der Waals surface area contributed by atoms with Crippen LogP contribution in [-0.2, 0) is 21.5 Å². The van der Waals surface area contributed by atoms with Crippen LogP contribution >= 0.6 is 0 Å². The number of ketones is 1. The van der Waals surface area contributed by atoms with E-state index < -0.39 is 47.4 Å². The van der Waals surface area contributed by atoms with E-state index in [-0.39, 0.29) is 47.8 Å². The van der Waals surface area contributed by atoms with Crippen LogP contribution in [0.1, 0.15) is 79.9 Å². The van der Waals surface area contributed by atoms with Crippen LogP contribution in [0.4, 0.5) is 23.2 Å². The fraction of sp³-hybridized carbons (Fsp3) is 0.515. The molecule has 0 saturated carbocycles. The van der Waals surface area contributed by atoms with Crippen LogP contribution in [0.2, 0.25) is 0 Å². The number of anilines is 1. The first kappa shape index (κ1) is 35.5. The van der Waals surface area contributed by atoms with E-state index in [1.807, 2.05) is 20.8 Å². The summed E-state index contributed by atoms with van der Waals surface area (Å²) in [7, 11) is 2.44. The van der Waals surface area contributed by atoms with Gasteiger partial charge in [-0.3, -0.25) is 14.4 Å². The molecule has 0 unspecified atom stereocenters. The van der Waals surface area contributed by atoms with E-state index >= 15 is 4.39 Å². The summed E-state index contributed by atoms with van der Waals surface area (Å²) < 4.78 is 72.2. The number of carboxylic acids is 1. The van der Waals surface area contributed by atoms with Gasteiger partial charge in [-0.05, 0) is 54.9 Å². The number of ether oxygens (including phenoxy) is 3. The zero-order chi connectivity index (χ0) is 34.7. The van der Waals surface area contributed by atoms with Crippen LogP contribution in [0.25, 0.3) is 0 Å². The van der Waals surface area contributed by atoms with E-state index in [1.165, 1.54) is 13.2 Å². The molecule has 0 spiro atoms. The second-order valence-corrected chi connectivity index (χ2v) is 12.5. The van der Waals surface area contributed by atoms with Gasteiger partial charge in [0, 0.05) is 37.2 Å². The van der Waals surface area contributed by atoms with Gasteiger partial charge < -0.3 is 29.1 Å². The Morgan fingerprint density at radius 1 is 0.979 bits per heavy atom. The van der Waals surface area contributed by atoms with Gasteiger partial charge in [-0.15, -0.1) is 0 Å². The van der Waals surface area contributed by atoms with Gasteiger partial charge in [0.25, 0.3) is 0 Å². The Balaban J connectivity index is 1.75. The summed E-state index contributed by atoms with van der Waals surface area (Å²) in [6, 6.07) is 4.74. The van der Waals surface area contributed by atoms with Crippen molar-refractivity contribution in [1.82, 2.24) is 4.90 Å². The van der Waals surface area contributed by atoms with Crippen molar-refractivity contribution < 1.29 is 51.3 Å². The second kappa shape index (κ2) is 14.2. The lowest BCUT2D eigenvalue weighted by atomic mass is 9.84. The number of hydrogen-bond acceptors (Lipinski definition) is 7. The number of halogens is 4. The largest absolute Gasteiger partial charge is 0.493 e. The van der Waals surface area contributed by atoms with Crippen LogP contribution in [-0.4, -0.2) is 80.1 Å². The highest BCUT2D eigenvalue weighted by atomic mass is 19.4. The molecule has 1 amide bonds. The van der Waals surface area contributed by atoms with Crippen molar-refractivity contribution in [1.29, 1.82) is 0 Å². The number of carbonyl (C=O) groups is 3. The van der Waals surface area contributed by atoms with E-state index in [4.69, 9.17) is 19.3 Å². The Bertz CT molecular complexity index is 1560. The summed E-state index contributed by atoms with van der Waals surface area (Å²) in [6.07, 6.45) is -2.50. The molecule has 256 valence electrons. The zero-order valence-corrected chi connectivity index (χ0v) is 27.1. The van der Waals surface area contributed by atoms with Gasteiger partial charge in [0.05, 0.1) is 38.6 Å². The molecule has 1 N–H and O–H groups in total. The highest BCUT2D eigenvalue weighted by Crippen LogP contribution is 2.43. The molecule has 2 aliphatic heterocycles. The Hall–Kier alpha value is -4.36. The van der Waals surface area contributed by atoms with Crippen LogP contribution in [0.3, 0.4) is 0 Å². The van der Waals surface area contributed by atoms with Crippen molar-refractivity contribution >= 4 is 29.2 Å². The summed E-state index contributed by atoms with van der Waals surface area (Å²) in [6.45, 7) is 6.84. The number of hydrogen-bond donors (Lipinski definition) is 1. The van der Waals surface area contributed by atoms with Crippen molar-refractivity contribution in [3.63, 3.8) is 0 Å². The first-order valence-electron chi connectivity index (χ1n) is 15.3. The van der Waals surface area contributed by atoms with E-state index in [2.05, 4.69) is 9.89 Å². The van der Waals surface area contributed by atoms with Crippen LogP contribution in [0.5, 0.6) is 17.2 Å². The molecule has 47 heavy (non-hydrogen) atoms. The van der Waals surface area contributed by atoms with E-state index in [9.17, 15) is 27.6 Å². The number of methoxy groups -OCH3 is 2. The SMILES string of the molecule is COc1cc2c(c(F)c1OC)/C(=N/C(=O)C(F)(F)F)N(CC(=O)c1cc(N3CCCC3)c(OCCCCC(=O)O)c(C(C)(C)C)c1)C2. The first-order chi connectivity index (χ1) is 22.1. The Kier molecular flexibility index (Phi) is 10.7. The number of aliphatic carboxylic acids is 1. The minimum absolute atomic E-state index is 0.0120. The number of fused-ring (bicyclic) bond motifs is 1. The van der Waals surface area contributed by atoms with Crippen molar-refractivity contribution in [2.75, 3.05) is 45.4 Å². The summed E-state index contributed by atoms with van der Waals surface area (Å²) in [5.41, 5.74) is 0.933. The third kappa shape index (κ3) is 7.96. The highest BCUT2D eigenvalue weighted by molar-refractivity contribution is 6.11. The average Bonchev–Trinajstić information content (AvgIpc) is 3.64. The average molecular weight is 666 g/mol. The van der Waals surface area contributed by atoms with Gasteiger partial charge in [-0.25, -0.2) is 4.39 Å². The maximum absolute atomic E-state index is 15.7. The quantitative estimate of drug-likeness (QED) is 0.168. The van der Waals surface area contributed by atoms with Crippen molar-refractivity contribution in [2.45, 2.75) is 71.0 Å². The van der Waals surface area contributed by atoms with E-state index in [0.717, 1.165) is 43.5 Å². The third-order valence-corrected chi connectivity index (χ3v) is 8.04. The summed E-state index contributed by atoms with van der Waals surface area (Å²) in [4.78, 5) is 43.4. The van der Waals surface area contributed by atoms with E-state index in [1.54, 1.807) is 12.1 Å². The number of carboxylic acid groups (broad SMARTS) is 1. The van der Waals surface area contributed by atoms with Crippen molar-refractivity contribution in [2.24, 2.45) is 4.99 Å². The Labute approximate surface area is 270 Å². The number of carbonyl (C=O) groups excluding carboxylic acids is 2. The van der Waals surface area contributed by atoms with Crippen LogP contribution in [0, 0.1) is 5.82 Å². The molecule has 0 radical (unpaired) electrons. The topological polar surface area (TPSA) is 118 Å². The number of aliphatic imine (C=N–C) groups is 1. The molecule has 2 aliphatic rings. The smallest absolute Gasteiger partial charge is 0.473 e. The summed E-state index contributed by atoms with van der Waals surface area (Å²) in [5, 5.41) is 8.97. The summed E-state index contributed by atoms with van der Waals surface area (Å²) >= 11 is 0. The maximum atomic E-state index is 15.7. The molecule has 0 bridgehead atoms. The number of amidine groups is 1. The number of unbranched alkanes of at least 4 members (excludes halogenated alkanes) is 1. The minimum atomic E-state index is -5.33. The third-order valence-electron chi connectivity index (χ3n) is 8.04. The molecule has 10 nitrogen and oxygen atoms in total. The lowest BCUT2D eigenvalue weighted by Gasteiger charge is -2.30. The molecule has 0 aromatic heterocycles. The molecule has 1 saturated heterocycles. The number of nitrogens with zero attached hydrogens (tertiary/aromatic N) is 3. The first-order valence-corrected chi connectivity index (χ1v) is 15.3. The normalized spacial score (nSPS) is 15.6. The number of alkyl halides is 3. The second-order valence-electron chi connectivity index (χ2n) is 12.5.